The maximum absolute atomic E-state index is 13.1. The molecule has 1 aromatic carbocycles. The summed E-state index contributed by atoms with van der Waals surface area (Å²) in [5.74, 6) is -0.194. The minimum absolute atomic E-state index is 0.194. The summed E-state index contributed by atoms with van der Waals surface area (Å²) in [6.07, 6.45) is 0. The highest BCUT2D eigenvalue weighted by Gasteiger charge is 2.06. The Kier molecular flexibility index (Phi) is 4.41. The number of aromatic nitrogens is 1. The van der Waals surface area contributed by atoms with Gasteiger partial charge < -0.3 is 5.73 Å². The van der Waals surface area contributed by atoms with E-state index in [0.717, 1.165) is 22.8 Å². The van der Waals surface area contributed by atoms with Crippen LogP contribution in [0.4, 0.5) is 4.39 Å². The topological polar surface area (TPSA) is 42.1 Å². The molecular weight excluding hydrogens is 249 g/mol. The van der Waals surface area contributed by atoms with Crippen LogP contribution in [-0.2, 0) is 19.6 Å². The molecule has 3 nitrogen and oxygen atoms in total. The molecule has 0 fully saturated rings. The number of hydrogen-bond donors (Lipinski definition) is 1. The van der Waals surface area contributed by atoms with Crippen molar-refractivity contribution in [2.45, 2.75) is 19.6 Å². The van der Waals surface area contributed by atoms with Gasteiger partial charge in [-0.05, 0) is 24.7 Å². The smallest absolute Gasteiger partial charge is 0.123 e. The average Bonchev–Trinajstić information content (AvgIpc) is 2.76. The van der Waals surface area contributed by atoms with E-state index in [1.165, 1.54) is 6.07 Å². The fourth-order valence-electron chi connectivity index (χ4n) is 1.79. The third-order valence-electron chi connectivity index (χ3n) is 2.55. The zero-order valence-electron chi connectivity index (χ0n) is 10.3. The van der Waals surface area contributed by atoms with Gasteiger partial charge in [-0.2, -0.15) is 0 Å². The Bertz CT molecular complexity index is 512. The fraction of sp³-hybridized carbons (Fsp3) is 0.308. The lowest BCUT2D eigenvalue weighted by atomic mass is 10.2. The van der Waals surface area contributed by atoms with Crippen molar-refractivity contribution in [2.75, 3.05) is 7.05 Å². The summed E-state index contributed by atoms with van der Waals surface area (Å²) in [6, 6.07) is 6.67. The molecule has 2 rings (SSSR count). The monoisotopic (exact) mass is 265 g/mol. The molecule has 5 heteroatoms. The van der Waals surface area contributed by atoms with Crippen molar-refractivity contribution < 1.29 is 4.39 Å². The van der Waals surface area contributed by atoms with Gasteiger partial charge in [0.25, 0.3) is 0 Å². The molecule has 1 heterocycles. The van der Waals surface area contributed by atoms with Crippen molar-refractivity contribution in [2.24, 2.45) is 5.73 Å². The largest absolute Gasteiger partial charge is 0.325 e. The van der Waals surface area contributed by atoms with Crippen LogP contribution in [0, 0.1) is 5.82 Å². The number of rotatable bonds is 5. The molecule has 18 heavy (non-hydrogen) atoms. The van der Waals surface area contributed by atoms with E-state index in [1.54, 1.807) is 23.5 Å². The summed E-state index contributed by atoms with van der Waals surface area (Å²) in [5.41, 5.74) is 7.50. The Morgan fingerprint density at radius 3 is 2.89 bits per heavy atom. The number of benzene rings is 1. The quantitative estimate of drug-likeness (QED) is 0.902. The minimum atomic E-state index is -0.194. The zero-order chi connectivity index (χ0) is 13.0. The van der Waals surface area contributed by atoms with Crippen LogP contribution in [0.25, 0.3) is 0 Å². The molecule has 2 aromatic rings. The molecule has 0 aliphatic carbocycles. The van der Waals surface area contributed by atoms with Gasteiger partial charge in [0.05, 0.1) is 5.69 Å². The third-order valence-corrected chi connectivity index (χ3v) is 3.47. The van der Waals surface area contributed by atoms with E-state index in [4.69, 9.17) is 5.73 Å². The predicted octanol–water partition coefficient (Wildman–Crippen LogP) is 2.37. The summed E-state index contributed by atoms with van der Waals surface area (Å²) >= 11 is 1.58. The van der Waals surface area contributed by atoms with Gasteiger partial charge in [-0.25, -0.2) is 9.37 Å². The van der Waals surface area contributed by atoms with Crippen molar-refractivity contribution in [3.05, 3.63) is 51.7 Å². The fourth-order valence-corrected chi connectivity index (χ4v) is 2.46. The van der Waals surface area contributed by atoms with Gasteiger partial charge in [0.1, 0.15) is 10.8 Å². The Balaban J connectivity index is 1.94. The van der Waals surface area contributed by atoms with E-state index < -0.39 is 0 Å². The van der Waals surface area contributed by atoms with Gasteiger partial charge in [-0.3, -0.25) is 4.90 Å². The molecule has 96 valence electrons. The van der Waals surface area contributed by atoms with Crippen LogP contribution in [0.1, 0.15) is 16.3 Å². The summed E-state index contributed by atoms with van der Waals surface area (Å²) in [5, 5.41) is 2.97. The minimum Gasteiger partial charge on any atom is -0.325 e. The molecule has 0 bridgehead atoms. The number of nitrogens with zero attached hydrogens (tertiary/aromatic N) is 2. The van der Waals surface area contributed by atoms with Gasteiger partial charge in [-0.1, -0.05) is 12.1 Å². The molecule has 1 aromatic heterocycles. The molecule has 0 saturated heterocycles. The summed E-state index contributed by atoms with van der Waals surface area (Å²) in [6.45, 7) is 1.93. The molecule has 0 saturated carbocycles. The maximum atomic E-state index is 13.1. The van der Waals surface area contributed by atoms with E-state index in [1.807, 2.05) is 18.5 Å². The number of thiazole rings is 1. The van der Waals surface area contributed by atoms with Gasteiger partial charge in [0, 0.05) is 25.0 Å². The van der Waals surface area contributed by atoms with Gasteiger partial charge in [0.2, 0.25) is 0 Å². The first kappa shape index (κ1) is 13.1. The second-order valence-electron chi connectivity index (χ2n) is 4.24. The number of nitrogens with two attached hydrogens (primary N) is 1. The van der Waals surface area contributed by atoms with E-state index in [-0.39, 0.29) is 5.82 Å². The SMILES string of the molecule is CN(Cc1cccc(F)c1)Cc1csc(CN)n1. The lowest BCUT2D eigenvalue weighted by Crippen LogP contribution is -2.17. The van der Waals surface area contributed by atoms with Crippen LogP contribution in [0.2, 0.25) is 0 Å². The van der Waals surface area contributed by atoms with E-state index in [9.17, 15) is 4.39 Å². The average molecular weight is 265 g/mol. The highest BCUT2D eigenvalue weighted by atomic mass is 32.1. The number of halogens is 1. The van der Waals surface area contributed by atoms with Gasteiger partial charge >= 0.3 is 0 Å². The predicted molar refractivity (Wildman–Crippen MR) is 71.6 cm³/mol. The maximum Gasteiger partial charge on any atom is 0.123 e. The van der Waals surface area contributed by atoms with Crippen LogP contribution in [0.3, 0.4) is 0 Å². The van der Waals surface area contributed by atoms with E-state index in [0.29, 0.717) is 13.1 Å². The molecule has 2 N–H and O–H groups in total. The van der Waals surface area contributed by atoms with Crippen LogP contribution in [0.15, 0.2) is 29.6 Å². The van der Waals surface area contributed by atoms with E-state index >= 15 is 0 Å². The summed E-state index contributed by atoms with van der Waals surface area (Å²) < 4.78 is 13.1. The lowest BCUT2D eigenvalue weighted by Gasteiger charge is -2.15. The van der Waals surface area contributed by atoms with Crippen molar-refractivity contribution in [3.8, 4) is 0 Å². The number of hydrogen-bond acceptors (Lipinski definition) is 4. The van der Waals surface area contributed by atoms with Crippen molar-refractivity contribution in [3.63, 3.8) is 0 Å². The Morgan fingerprint density at radius 1 is 1.39 bits per heavy atom. The first-order chi connectivity index (χ1) is 8.67. The lowest BCUT2D eigenvalue weighted by molar-refractivity contribution is 0.315. The normalized spacial score (nSPS) is 11.1. The second kappa shape index (κ2) is 6.04. The molecule has 0 unspecified atom stereocenters. The Hall–Kier alpha value is -1.30. The zero-order valence-corrected chi connectivity index (χ0v) is 11.1. The Labute approximate surface area is 110 Å². The van der Waals surface area contributed by atoms with E-state index in [2.05, 4.69) is 9.88 Å². The molecule has 0 aliphatic heterocycles. The van der Waals surface area contributed by atoms with Crippen LogP contribution in [0.5, 0.6) is 0 Å². The molecule has 0 amide bonds. The van der Waals surface area contributed by atoms with Crippen LogP contribution >= 0.6 is 11.3 Å². The van der Waals surface area contributed by atoms with Crippen molar-refractivity contribution >= 4 is 11.3 Å². The summed E-state index contributed by atoms with van der Waals surface area (Å²) in [7, 11) is 1.99. The second-order valence-corrected chi connectivity index (χ2v) is 5.18. The molecule has 0 aliphatic rings. The van der Waals surface area contributed by atoms with Gasteiger partial charge in [0.15, 0.2) is 0 Å². The first-order valence-corrected chi connectivity index (χ1v) is 6.61. The highest BCUT2D eigenvalue weighted by Crippen LogP contribution is 2.12. The molecular formula is C13H16FN3S. The van der Waals surface area contributed by atoms with Crippen LogP contribution in [-0.4, -0.2) is 16.9 Å². The standard InChI is InChI=1S/C13H16FN3S/c1-17(7-10-3-2-4-11(14)5-10)8-12-9-18-13(6-15)16-12/h2-5,9H,6-8,15H2,1H3. The van der Waals surface area contributed by atoms with Crippen molar-refractivity contribution in [1.29, 1.82) is 0 Å². The Morgan fingerprint density at radius 2 is 2.22 bits per heavy atom. The molecule has 0 spiro atoms. The van der Waals surface area contributed by atoms with Crippen LogP contribution < -0.4 is 5.73 Å². The third kappa shape index (κ3) is 3.60. The summed E-state index contributed by atoms with van der Waals surface area (Å²) in [4.78, 5) is 6.51. The van der Waals surface area contributed by atoms with Gasteiger partial charge in [-0.15, -0.1) is 11.3 Å². The first-order valence-electron chi connectivity index (χ1n) is 5.73. The molecule has 0 atom stereocenters. The molecule has 0 radical (unpaired) electrons. The highest BCUT2D eigenvalue weighted by molar-refractivity contribution is 7.09. The van der Waals surface area contributed by atoms with Crippen molar-refractivity contribution in [1.82, 2.24) is 9.88 Å².